The second kappa shape index (κ2) is 5.14. The van der Waals surface area contributed by atoms with Crippen molar-refractivity contribution in [2.45, 2.75) is 20.4 Å². The molecule has 1 N–H and O–H groups in total. The molecule has 0 aliphatic carbocycles. The van der Waals surface area contributed by atoms with Gasteiger partial charge in [0, 0.05) is 12.2 Å². The maximum atomic E-state index is 4.42. The van der Waals surface area contributed by atoms with Gasteiger partial charge < -0.3 is 5.32 Å². The number of hydrogen-bond donors (Lipinski definition) is 1. The van der Waals surface area contributed by atoms with Crippen LogP contribution < -0.4 is 5.32 Å². The van der Waals surface area contributed by atoms with Gasteiger partial charge in [0.25, 0.3) is 0 Å². The van der Waals surface area contributed by atoms with Crippen molar-refractivity contribution in [1.82, 2.24) is 20.5 Å². The zero-order valence-corrected chi connectivity index (χ0v) is 10.2. The van der Waals surface area contributed by atoms with Crippen molar-refractivity contribution in [3.05, 3.63) is 28.9 Å². The van der Waals surface area contributed by atoms with Crippen LogP contribution in [0.2, 0.25) is 0 Å². The Labute approximate surface area is 98.8 Å². The summed E-state index contributed by atoms with van der Waals surface area (Å²) in [4.78, 5) is 4.42. The van der Waals surface area contributed by atoms with E-state index in [-0.39, 0.29) is 0 Å². The molecule has 16 heavy (non-hydrogen) atoms. The van der Waals surface area contributed by atoms with Gasteiger partial charge in [-0.1, -0.05) is 24.3 Å². The number of rotatable bonds is 4. The number of aromatic nitrogens is 3. The largest absolute Gasteiger partial charge is 0.311 e. The molecule has 2 heterocycles. The number of pyridine rings is 1. The monoisotopic (exact) mass is 234 g/mol. The third kappa shape index (κ3) is 2.62. The van der Waals surface area contributed by atoms with Gasteiger partial charge in [-0.25, -0.2) is 0 Å². The zero-order valence-electron chi connectivity index (χ0n) is 9.40. The number of aryl methyl sites for hydroxylation is 1. The molecule has 0 atom stereocenters. The van der Waals surface area contributed by atoms with Crippen LogP contribution >= 0.6 is 11.3 Å². The van der Waals surface area contributed by atoms with Gasteiger partial charge >= 0.3 is 0 Å². The summed E-state index contributed by atoms with van der Waals surface area (Å²) in [5.74, 6) is 0. The highest BCUT2D eigenvalue weighted by Crippen LogP contribution is 2.21. The Balaban J connectivity index is 2.18. The summed E-state index contributed by atoms with van der Waals surface area (Å²) in [6, 6.07) is 5.93. The van der Waals surface area contributed by atoms with Crippen molar-refractivity contribution in [2.75, 3.05) is 6.54 Å². The first kappa shape index (κ1) is 11.2. The first-order valence-electron chi connectivity index (χ1n) is 5.26. The lowest BCUT2D eigenvalue weighted by Gasteiger charge is -1.95. The molecule has 2 aromatic heterocycles. The second-order valence-electron chi connectivity index (χ2n) is 3.45. The van der Waals surface area contributed by atoms with E-state index < -0.39 is 0 Å². The van der Waals surface area contributed by atoms with Crippen LogP contribution in [0.25, 0.3) is 10.7 Å². The highest BCUT2D eigenvalue weighted by molar-refractivity contribution is 7.14. The van der Waals surface area contributed by atoms with E-state index in [0.29, 0.717) is 0 Å². The van der Waals surface area contributed by atoms with E-state index in [4.69, 9.17) is 0 Å². The summed E-state index contributed by atoms with van der Waals surface area (Å²) in [5.41, 5.74) is 1.90. The first-order valence-corrected chi connectivity index (χ1v) is 6.08. The minimum absolute atomic E-state index is 0.778. The van der Waals surface area contributed by atoms with Gasteiger partial charge in [-0.3, -0.25) is 4.98 Å². The normalized spacial score (nSPS) is 10.6. The smallest absolute Gasteiger partial charge is 0.166 e. The molecule has 0 radical (unpaired) electrons. The Kier molecular flexibility index (Phi) is 3.58. The Morgan fingerprint density at radius 3 is 2.94 bits per heavy atom. The van der Waals surface area contributed by atoms with E-state index in [2.05, 4.69) is 27.4 Å². The molecule has 0 saturated carbocycles. The summed E-state index contributed by atoms with van der Waals surface area (Å²) < 4.78 is 0. The maximum absolute atomic E-state index is 4.42. The van der Waals surface area contributed by atoms with E-state index in [9.17, 15) is 0 Å². The standard InChI is InChI=1S/C11H14N4S/c1-3-12-7-10-14-15-11(16-10)9-6-4-5-8(2)13-9/h4-6,12H,3,7H2,1-2H3. The lowest BCUT2D eigenvalue weighted by Crippen LogP contribution is -2.11. The molecule has 0 aliphatic rings. The Morgan fingerprint density at radius 2 is 2.19 bits per heavy atom. The predicted octanol–water partition coefficient (Wildman–Crippen LogP) is 2.02. The van der Waals surface area contributed by atoms with Crippen molar-refractivity contribution < 1.29 is 0 Å². The summed E-state index contributed by atoms with van der Waals surface area (Å²) in [6.45, 7) is 5.77. The molecule has 2 rings (SSSR count). The van der Waals surface area contributed by atoms with Crippen molar-refractivity contribution in [3.8, 4) is 10.7 Å². The summed E-state index contributed by atoms with van der Waals surface area (Å²) in [5, 5.41) is 13.4. The minimum Gasteiger partial charge on any atom is -0.311 e. The quantitative estimate of drug-likeness (QED) is 0.879. The van der Waals surface area contributed by atoms with Crippen molar-refractivity contribution in [3.63, 3.8) is 0 Å². The summed E-state index contributed by atoms with van der Waals surface area (Å²) in [7, 11) is 0. The van der Waals surface area contributed by atoms with Gasteiger partial charge in [-0.2, -0.15) is 0 Å². The maximum Gasteiger partial charge on any atom is 0.166 e. The van der Waals surface area contributed by atoms with Crippen LogP contribution in [0.3, 0.4) is 0 Å². The van der Waals surface area contributed by atoms with Gasteiger partial charge in [0.15, 0.2) is 5.01 Å². The fourth-order valence-corrected chi connectivity index (χ4v) is 2.10. The lowest BCUT2D eigenvalue weighted by molar-refractivity contribution is 0.715. The van der Waals surface area contributed by atoms with Gasteiger partial charge in [-0.05, 0) is 25.6 Å². The molecule has 0 fully saturated rings. The summed E-state index contributed by atoms with van der Waals surface area (Å²) in [6.07, 6.45) is 0. The average molecular weight is 234 g/mol. The molecule has 0 saturated heterocycles. The van der Waals surface area contributed by atoms with E-state index in [1.165, 1.54) is 0 Å². The van der Waals surface area contributed by atoms with Crippen molar-refractivity contribution in [1.29, 1.82) is 0 Å². The van der Waals surface area contributed by atoms with Crippen LogP contribution in [0.1, 0.15) is 17.6 Å². The molecule has 0 amide bonds. The van der Waals surface area contributed by atoms with E-state index in [1.54, 1.807) is 11.3 Å². The number of nitrogens with one attached hydrogen (secondary N) is 1. The molecule has 84 valence electrons. The third-order valence-electron chi connectivity index (χ3n) is 2.10. The zero-order chi connectivity index (χ0) is 11.4. The van der Waals surface area contributed by atoms with E-state index in [1.807, 2.05) is 25.1 Å². The molecule has 2 aromatic rings. The molecular weight excluding hydrogens is 220 g/mol. The fourth-order valence-electron chi connectivity index (χ4n) is 1.32. The summed E-state index contributed by atoms with van der Waals surface area (Å²) >= 11 is 1.59. The topological polar surface area (TPSA) is 50.7 Å². The molecule has 5 heteroatoms. The second-order valence-corrected chi connectivity index (χ2v) is 4.51. The molecule has 0 unspecified atom stereocenters. The average Bonchev–Trinajstić information content (AvgIpc) is 2.75. The fraction of sp³-hybridized carbons (Fsp3) is 0.364. The van der Waals surface area contributed by atoms with Crippen LogP contribution in [0.5, 0.6) is 0 Å². The van der Waals surface area contributed by atoms with Crippen molar-refractivity contribution in [2.24, 2.45) is 0 Å². The number of hydrogen-bond acceptors (Lipinski definition) is 5. The molecule has 0 bridgehead atoms. The van der Waals surface area contributed by atoms with Crippen LogP contribution in [0.15, 0.2) is 18.2 Å². The lowest BCUT2D eigenvalue weighted by atomic mass is 10.3. The predicted molar refractivity (Wildman–Crippen MR) is 65.3 cm³/mol. The number of nitrogens with zero attached hydrogens (tertiary/aromatic N) is 3. The SMILES string of the molecule is CCNCc1nnc(-c2cccc(C)n2)s1. The van der Waals surface area contributed by atoms with Gasteiger partial charge in [0.05, 0.1) is 0 Å². The molecule has 0 aliphatic heterocycles. The van der Waals surface area contributed by atoms with Crippen LogP contribution in [-0.4, -0.2) is 21.7 Å². The van der Waals surface area contributed by atoms with Crippen LogP contribution in [0, 0.1) is 6.92 Å². The molecular formula is C11H14N4S. The van der Waals surface area contributed by atoms with E-state index in [0.717, 1.165) is 34.5 Å². The van der Waals surface area contributed by atoms with Gasteiger partial charge in [0.1, 0.15) is 10.7 Å². The third-order valence-corrected chi connectivity index (χ3v) is 3.05. The van der Waals surface area contributed by atoms with Crippen LogP contribution in [0.4, 0.5) is 0 Å². The van der Waals surface area contributed by atoms with Crippen LogP contribution in [-0.2, 0) is 6.54 Å². The van der Waals surface area contributed by atoms with E-state index >= 15 is 0 Å². The first-order chi connectivity index (χ1) is 7.79. The molecule has 0 spiro atoms. The van der Waals surface area contributed by atoms with Gasteiger partial charge in [0.2, 0.25) is 0 Å². The highest BCUT2D eigenvalue weighted by Gasteiger charge is 2.07. The Morgan fingerprint density at radius 1 is 1.31 bits per heavy atom. The highest BCUT2D eigenvalue weighted by atomic mass is 32.1. The molecule has 4 nitrogen and oxygen atoms in total. The Bertz CT molecular complexity index is 467. The Hall–Kier alpha value is -1.33. The van der Waals surface area contributed by atoms with Crippen molar-refractivity contribution >= 4 is 11.3 Å². The molecule has 0 aromatic carbocycles. The van der Waals surface area contributed by atoms with Gasteiger partial charge in [-0.15, -0.1) is 10.2 Å². The minimum atomic E-state index is 0.778.